The van der Waals surface area contributed by atoms with Gasteiger partial charge in [-0.25, -0.2) is 14.6 Å². The molecule has 2 unspecified atom stereocenters. The van der Waals surface area contributed by atoms with Gasteiger partial charge in [-0.05, 0) is 109 Å². The van der Waals surface area contributed by atoms with E-state index in [1.165, 1.54) is 12.1 Å². The van der Waals surface area contributed by atoms with Crippen molar-refractivity contribution < 1.29 is 46.2 Å². The number of oxazole rings is 1. The fraction of sp³-hybridized carbons (Fsp3) is 0.469. The second-order valence-electron chi connectivity index (χ2n) is 12.7. The van der Waals surface area contributed by atoms with Crippen molar-refractivity contribution in [1.29, 1.82) is 0 Å². The number of hydrogen-bond acceptors (Lipinski definition) is 8. The van der Waals surface area contributed by atoms with Crippen LogP contribution in [0.25, 0.3) is 11.5 Å². The molecule has 2 aromatic carbocycles. The molecule has 0 aliphatic heterocycles. The zero-order valence-corrected chi connectivity index (χ0v) is 25.8. The number of nitrogens with zero attached hydrogens (tertiary/aromatic N) is 2. The van der Waals surface area contributed by atoms with E-state index in [0.29, 0.717) is 22.8 Å². The molecule has 0 spiro atoms. The van der Waals surface area contributed by atoms with Gasteiger partial charge in [-0.2, -0.15) is 13.2 Å². The van der Waals surface area contributed by atoms with Crippen molar-refractivity contribution in [2.45, 2.75) is 84.8 Å². The minimum atomic E-state index is -4.43. The molecule has 4 rings (SSSR count). The van der Waals surface area contributed by atoms with E-state index in [-0.39, 0.29) is 30.9 Å². The van der Waals surface area contributed by atoms with Crippen LogP contribution >= 0.6 is 0 Å². The molecule has 0 saturated heterocycles. The predicted octanol–water partition coefficient (Wildman–Crippen LogP) is 8.46. The fourth-order valence-electron chi connectivity index (χ4n) is 4.37. The van der Waals surface area contributed by atoms with Crippen LogP contribution in [0.4, 0.5) is 22.8 Å². The highest BCUT2D eigenvalue weighted by Crippen LogP contribution is 2.48. The largest absolute Gasteiger partial charge is 0.534 e. The first-order valence-corrected chi connectivity index (χ1v) is 14.2. The van der Waals surface area contributed by atoms with Gasteiger partial charge in [0.15, 0.2) is 0 Å². The maximum absolute atomic E-state index is 12.9. The summed E-state index contributed by atoms with van der Waals surface area (Å²) in [6.07, 6.45) is -5.46. The number of aromatic nitrogens is 1. The number of aryl methyl sites for hydroxylation is 1. The molecule has 1 amide bonds. The maximum Gasteiger partial charge on any atom is 0.534 e. The highest BCUT2D eigenvalue weighted by molar-refractivity contribution is 5.70. The summed E-state index contributed by atoms with van der Waals surface area (Å²) in [5.41, 5.74) is -0.419. The van der Waals surface area contributed by atoms with Crippen molar-refractivity contribution in [1.82, 2.24) is 10.0 Å². The van der Waals surface area contributed by atoms with Crippen LogP contribution in [0.3, 0.4) is 0 Å². The number of ether oxygens (including phenoxy) is 3. The van der Waals surface area contributed by atoms with Gasteiger partial charge in [-0.1, -0.05) is 12.1 Å². The SMILES string of the molecule is Cc1oc(-c2ccc(C(F)(F)F)cc2)nc1COc1cccc(C2CC2CN(OC(=O)OC(C)(C)C)C(=O)OC(C)(C)C)c1. The molecule has 238 valence electrons. The lowest BCUT2D eigenvalue weighted by molar-refractivity contribution is -0.138. The number of halogens is 3. The Morgan fingerprint density at radius 1 is 0.977 bits per heavy atom. The van der Waals surface area contributed by atoms with Crippen molar-refractivity contribution >= 4 is 12.2 Å². The molecule has 1 aliphatic carbocycles. The molecule has 2 atom stereocenters. The molecule has 9 nitrogen and oxygen atoms in total. The van der Waals surface area contributed by atoms with E-state index in [9.17, 15) is 22.8 Å². The monoisotopic (exact) mass is 618 g/mol. The second kappa shape index (κ2) is 12.4. The molecule has 44 heavy (non-hydrogen) atoms. The second-order valence-corrected chi connectivity index (χ2v) is 12.7. The van der Waals surface area contributed by atoms with Gasteiger partial charge in [0.05, 0.1) is 12.1 Å². The van der Waals surface area contributed by atoms with Gasteiger partial charge in [0.2, 0.25) is 5.89 Å². The lowest BCUT2D eigenvalue weighted by atomic mass is 10.1. The van der Waals surface area contributed by atoms with Crippen LogP contribution < -0.4 is 4.74 Å². The van der Waals surface area contributed by atoms with Gasteiger partial charge in [-0.15, -0.1) is 5.06 Å². The van der Waals surface area contributed by atoms with Gasteiger partial charge in [-0.3, -0.25) is 0 Å². The Morgan fingerprint density at radius 2 is 1.64 bits per heavy atom. The average Bonchev–Trinajstić information content (AvgIpc) is 3.57. The topological polar surface area (TPSA) is 100 Å². The standard InChI is InChI=1S/C32H37F3N2O7/c1-19-26(36-27(41-19)20-11-13-23(14-12-20)32(33,34)35)18-40-24-10-8-9-21(15-24)25-16-22(25)17-37(28(38)42-30(2,3)4)44-29(39)43-31(5,6)7/h8-15,22,25H,16-18H2,1-7H3. The molecule has 3 aromatic rings. The third kappa shape index (κ3) is 9.14. The Bertz CT molecular complexity index is 1470. The normalized spacial score (nSPS) is 16.7. The number of hydroxylamine groups is 2. The van der Waals surface area contributed by atoms with Crippen LogP contribution in [0, 0.1) is 12.8 Å². The predicted molar refractivity (Wildman–Crippen MR) is 154 cm³/mol. The first kappa shape index (κ1) is 32.7. The number of amides is 1. The summed E-state index contributed by atoms with van der Waals surface area (Å²) in [6, 6.07) is 12.1. The molecule has 0 radical (unpaired) electrons. The summed E-state index contributed by atoms with van der Waals surface area (Å²) >= 11 is 0. The van der Waals surface area contributed by atoms with E-state index < -0.39 is 35.2 Å². The van der Waals surface area contributed by atoms with Gasteiger partial charge in [0.1, 0.15) is 35.0 Å². The minimum Gasteiger partial charge on any atom is -0.487 e. The molecule has 1 saturated carbocycles. The maximum atomic E-state index is 12.9. The average molecular weight is 619 g/mol. The number of hydrogen-bond donors (Lipinski definition) is 0. The molecular weight excluding hydrogens is 581 g/mol. The lowest BCUT2D eigenvalue weighted by Crippen LogP contribution is -2.40. The Morgan fingerprint density at radius 3 is 2.25 bits per heavy atom. The van der Waals surface area contributed by atoms with E-state index in [0.717, 1.165) is 29.2 Å². The zero-order chi connectivity index (χ0) is 32.4. The summed E-state index contributed by atoms with van der Waals surface area (Å²) < 4.78 is 61.0. The Kier molecular flexibility index (Phi) is 9.22. The Balaban J connectivity index is 1.38. The van der Waals surface area contributed by atoms with Crippen LogP contribution in [-0.4, -0.2) is 40.0 Å². The molecule has 1 aliphatic rings. The van der Waals surface area contributed by atoms with E-state index in [4.69, 9.17) is 23.5 Å². The van der Waals surface area contributed by atoms with E-state index >= 15 is 0 Å². The number of rotatable bonds is 7. The molecule has 0 N–H and O–H groups in total. The van der Waals surface area contributed by atoms with Gasteiger partial charge >= 0.3 is 18.4 Å². The van der Waals surface area contributed by atoms with Crippen molar-refractivity contribution in [2.75, 3.05) is 6.54 Å². The van der Waals surface area contributed by atoms with Crippen LogP contribution in [0.2, 0.25) is 0 Å². The highest BCUT2D eigenvalue weighted by Gasteiger charge is 2.42. The number of alkyl halides is 3. The number of carbonyl (C=O) groups is 2. The third-order valence-corrected chi connectivity index (χ3v) is 6.51. The van der Waals surface area contributed by atoms with E-state index in [1.54, 1.807) is 54.5 Å². The van der Waals surface area contributed by atoms with Crippen molar-refractivity contribution in [2.24, 2.45) is 5.92 Å². The molecule has 1 aromatic heterocycles. The first-order chi connectivity index (χ1) is 20.4. The summed E-state index contributed by atoms with van der Waals surface area (Å²) in [4.78, 5) is 34.8. The first-order valence-electron chi connectivity index (χ1n) is 14.2. The van der Waals surface area contributed by atoms with E-state index in [1.807, 2.05) is 18.2 Å². The minimum absolute atomic E-state index is 0.00397. The number of carbonyl (C=O) groups excluding carboxylic acids is 2. The Hall–Kier alpha value is -4.22. The summed E-state index contributed by atoms with van der Waals surface area (Å²) in [6.45, 7) is 12.2. The fourth-order valence-corrected chi connectivity index (χ4v) is 4.37. The van der Waals surface area contributed by atoms with Gasteiger partial charge in [0.25, 0.3) is 0 Å². The Labute approximate surface area is 254 Å². The molecule has 1 fully saturated rings. The molecule has 12 heteroatoms. The zero-order valence-electron chi connectivity index (χ0n) is 25.8. The molecule has 1 heterocycles. The highest BCUT2D eigenvalue weighted by atomic mass is 19.4. The summed E-state index contributed by atoms with van der Waals surface area (Å²) in [5, 5.41) is 0.909. The van der Waals surface area contributed by atoms with Gasteiger partial charge in [0, 0.05) is 5.56 Å². The summed E-state index contributed by atoms with van der Waals surface area (Å²) in [7, 11) is 0. The van der Waals surface area contributed by atoms with Gasteiger partial charge < -0.3 is 23.5 Å². The quantitative estimate of drug-likeness (QED) is 0.192. The van der Waals surface area contributed by atoms with E-state index in [2.05, 4.69) is 4.98 Å². The molecular formula is C32H37F3N2O7. The van der Waals surface area contributed by atoms with Crippen LogP contribution in [0.5, 0.6) is 5.75 Å². The van der Waals surface area contributed by atoms with Crippen molar-refractivity contribution in [3.63, 3.8) is 0 Å². The lowest BCUT2D eigenvalue weighted by Gasteiger charge is -2.27. The number of benzene rings is 2. The summed E-state index contributed by atoms with van der Waals surface area (Å²) in [5.74, 6) is 1.37. The van der Waals surface area contributed by atoms with Crippen LogP contribution in [-0.2, 0) is 27.1 Å². The smallest absolute Gasteiger partial charge is 0.487 e. The van der Waals surface area contributed by atoms with Crippen molar-refractivity contribution in [3.05, 3.63) is 71.1 Å². The molecule has 0 bridgehead atoms. The third-order valence-electron chi connectivity index (χ3n) is 6.51. The van der Waals surface area contributed by atoms with Crippen LogP contribution in [0.15, 0.2) is 52.9 Å². The van der Waals surface area contributed by atoms with Crippen molar-refractivity contribution in [3.8, 4) is 17.2 Å². The van der Waals surface area contributed by atoms with Crippen LogP contribution in [0.1, 0.15) is 76.5 Å².